The van der Waals surface area contributed by atoms with Crippen LogP contribution in [0, 0.1) is 23.4 Å². The minimum Gasteiger partial charge on any atom is -0.480 e. The second kappa shape index (κ2) is 9.26. The van der Waals surface area contributed by atoms with Crippen molar-refractivity contribution in [1.29, 1.82) is 0 Å². The number of benzene rings is 1. The molecule has 0 heterocycles. The van der Waals surface area contributed by atoms with E-state index in [2.05, 4.69) is 9.73 Å². The van der Waals surface area contributed by atoms with Gasteiger partial charge in [-0.15, -0.1) is 0 Å². The van der Waals surface area contributed by atoms with Crippen LogP contribution in [-0.4, -0.2) is 46.3 Å². The van der Waals surface area contributed by atoms with Crippen molar-refractivity contribution < 1.29 is 42.5 Å². The Morgan fingerprint density at radius 3 is 2.26 bits per heavy atom. The number of ketones is 1. The molecule has 0 aromatic heterocycles. The van der Waals surface area contributed by atoms with E-state index in [0.717, 1.165) is 6.92 Å². The number of esters is 1. The molecule has 0 spiro atoms. The number of halogens is 3. The molecule has 148 valence electrons. The number of rotatable bonds is 8. The Balaban J connectivity index is 3.51. The van der Waals surface area contributed by atoms with Gasteiger partial charge in [-0.05, 0) is 19.4 Å². The van der Waals surface area contributed by atoms with E-state index in [1.807, 2.05) is 0 Å². The fraction of sp³-hybridized carbons (Fsp3) is 0.412. The number of hydrogen-bond donors (Lipinski definition) is 2. The van der Waals surface area contributed by atoms with Crippen LogP contribution in [0.3, 0.4) is 0 Å². The molecular weight excluding hydrogens is 371 g/mol. The molecule has 2 atom stereocenters. The molecule has 0 radical (unpaired) electrons. The van der Waals surface area contributed by atoms with Gasteiger partial charge in [0.05, 0.1) is 18.2 Å². The smallest absolute Gasteiger partial charge is 0.320 e. The predicted octanol–water partition coefficient (Wildman–Crippen LogP) is 2.14. The largest absolute Gasteiger partial charge is 0.480 e. The number of hydrogen-bond acceptors (Lipinski definition) is 6. The fourth-order valence-corrected chi connectivity index (χ4v) is 2.21. The average molecular weight is 389 g/mol. The summed E-state index contributed by atoms with van der Waals surface area (Å²) in [4.78, 5) is 38.9. The van der Waals surface area contributed by atoms with E-state index in [4.69, 9.17) is 0 Å². The van der Waals surface area contributed by atoms with Crippen LogP contribution in [0.15, 0.2) is 11.1 Å². The van der Waals surface area contributed by atoms with Crippen molar-refractivity contribution in [2.24, 2.45) is 10.9 Å². The molecule has 1 rings (SSSR count). The van der Waals surface area contributed by atoms with E-state index < -0.39 is 58.5 Å². The van der Waals surface area contributed by atoms with Gasteiger partial charge in [0.1, 0.15) is 0 Å². The number of carbonyl (C=O) groups is 3. The molecule has 2 N–H and O–H groups in total. The van der Waals surface area contributed by atoms with Gasteiger partial charge in [-0.1, -0.05) is 6.92 Å². The Labute approximate surface area is 152 Å². The number of aliphatic hydroxyl groups is 1. The minimum atomic E-state index is -1.99. The molecule has 0 aliphatic heterocycles. The van der Waals surface area contributed by atoms with Crippen LogP contribution in [0.4, 0.5) is 13.2 Å². The third-order valence-electron chi connectivity index (χ3n) is 3.39. The highest BCUT2D eigenvalue weighted by Crippen LogP contribution is 2.29. The van der Waals surface area contributed by atoms with E-state index in [-0.39, 0.29) is 24.7 Å². The molecule has 1 aromatic carbocycles. The maximum absolute atomic E-state index is 14.5. The molecule has 0 aliphatic carbocycles. The lowest BCUT2D eigenvalue weighted by atomic mass is 9.91. The van der Waals surface area contributed by atoms with Gasteiger partial charge in [-0.3, -0.25) is 19.4 Å². The zero-order chi connectivity index (χ0) is 20.9. The summed E-state index contributed by atoms with van der Waals surface area (Å²) < 4.78 is 46.1. The highest BCUT2D eigenvalue weighted by atomic mass is 19.2. The quantitative estimate of drug-likeness (QED) is 0.176. The Morgan fingerprint density at radius 1 is 1.22 bits per heavy atom. The number of aliphatic imine (C=N–C) groups is 1. The summed E-state index contributed by atoms with van der Waals surface area (Å²) in [5.74, 6) is -12.9. The maximum atomic E-state index is 14.5. The van der Waals surface area contributed by atoms with E-state index >= 15 is 0 Å². The van der Waals surface area contributed by atoms with E-state index in [1.54, 1.807) is 0 Å². The van der Waals surface area contributed by atoms with Gasteiger partial charge < -0.3 is 14.9 Å². The third-order valence-corrected chi connectivity index (χ3v) is 3.39. The van der Waals surface area contributed by atoms with Gasteiger partial charge in [0.15, 0.2) is 23.3 Å². The van der Waals surface area contributed by atoms with Crippen molar-refractivity contribution in [3.8, 4) is 5.75 Å². The lowest BCUT2D eigenvalue weighted by Gasteiger charge is -2.16. The molecule has 2 unspecified atom stereocenters. The average Bonchev–Trinajstić information content (AvgIpc) is 2.57. The first-order valence-corrected chi connectivity index (χ1v) is 7.85. The van der Waals surface area contributed by atoms with Crippen molar-refractivity contribution in [3.63, 3.8) is 0 Å². The summed E-state index contributed by atoms with van der Waals surface area (Å²) >= 11 is 0. The van der Waals surface area contributed by atoms with Gasteiger partial charge in [0, 0.05) is 12.6 Å². The van der Waals surface area contributed by atoms with Gasteiger partial charge >= 0.3 is 11.9 Å². The van der Waals surface area contributed by atoms with Crippen LogP contribution in [0.25, 0.3) is 0 Å². The third kappa shape index (κ3) is 5.36. The summed E-state index contributed by atoms with van der Waals surface area (Å²) in [6.07, 6.45) is -0.955. The first kappa shape index (κ1) is 22.3. The highest BCUT2D eigenvalue weighted by Gasteiger charge is 2.35. The topological polar surface area (TPSA) is 113 Å². The van der Waals surface area contributed by atoms with Gasteiger partial charge in [-0.2, -0.15) is 4.39 Å². The minimum absolute atomic E-state index is 0.0302. The number of aliphatic hydroxyl groups excluding tert-OH is 1. The summed E-state index contributed by atoms with van der Waals surface area (Å²) in [5, 5.41) is 18.6. The normalized spacial score (nSPS) is 13.8. The van der Waals surface area contributed by atoms with Crippen molar-refractivity contribution in [2.75, 3.05) is 6.54 Å². The molecule has 0 saturated heterocycles. The molecule has 0 aliphatic rings. The highest BCUT2D eigenvalue weighted by molar-refractivity contribution is 6.23. The van der Waals surface area contributed by atoms with Gasteiger partial charge in [0.25, 0.3) is 0 Å². The zero-order valence-electron chi connectivity index (χ0n) is 14.8. The molecule has 0 amide bonds. The van der Waals surface area contributed by atoms with Crippen LogP contribution >= 0.6 is 0 Å². The summed E-state index contributed by atoms with van der Waals surface area (Å²) in [6.45, 7) is 3.47. The number of nitrogens with zero attached hydrogens (tertiary/aromatic N) is 1. The number of Topliss-reactive ketones (excluding diaryl/α,β-unsaturated/α-hetero) is 1. The van der Waals surface area contributed by atoms with Gasteiger partial charge in [-0.25, -0.2) is 8.78 Å². The van der Waals surface area contributed by atoms with Crippen LogP contribution in [0.5, 0.6) is 5.75 Å². The predicted molar refractivity (Wildman–Crippen MR) is 87.4 cm³/mol. The molecule has 0 saturated carbocycles. The Kier molecular flexibility index (Phi) is 7.65. The van der Waals surface area contributed by atoms with Crippen LogP contribution in [0.2, 0.25) is 0 Å². The van der Waals surface area contributed by atoms with E-state index in [0.29, 0.717) is 0 Å². The Hall–Kier alpha value is -2.75. The number of carboxylic acid groups (broad SMARTS) is 1. The van der Waals surface area contributed by atoms with E-state index in [1.165, 1.54) is 13.8 Å². The molecule has 27 heavy (non-hydrogen) atoms. The van der Waals surface area contributed by atoms with Crippen LogP contribution in [0.1, 0.15) is 37.6 Å². The monoisotopic (exact) mass is 389 g/mol. The molecule has 1 aromatic rings. The summed E-state index contributed by atoms with van der Waals surface area (Å²) in [6, 6.07) is 0.192. The first-order valence-electron chi connectivity index (χ1n) is 7.85. The second-order valence-corrected chi connectivity index (χ2v) is 5.63. The zero-order valence-corrected chi connectivity index (χ0v) is 14.8. The fourth-order valence-electron chi connectivity index (χ4n) is 2.21. The molecule has 0 bridgehead atoms. The number of carbonyl (C=O) groups excluding carboxylic acids is 2. The SMILES string of the molecule is CCC(=NCC(C)O)C(C(=O)O)C(=O)c1cc(F)c(F)c(OC(C)=O)c1F. The summed E-state index contributed by atoms with van der Waals surface area (Å²) in [5.41, 5.74) is -1.29. The van der Waals surface area contributed by atoms with Crippen LogP contribution < -0.4 is 4.74 Å². The van der Waals surface area contributed by atoms with Crippen molar-refractivity contribution in [1.82, 2.24) is 0 Å². The van der Waals surface area contributed by atoms with Gasteiger partial charge in [0.2, 0.25) is 11.6 Å². The second-order valence-electron chi connectivity index (χ2n) is 5.63. The molecule has 0 fully saturated rings. The Morgan fingerprint density at radius 2 is 1.81 bits per heavy atom. The number of aliphatic carboxylic acids is 1. The van der Waals surface area contributed by atoms with Crippen LogP contribution in [-0.2, 0) is 9.59 Å². The van der Waals surface area contributed by atoms with E-state index in [9.17, 15) is 37.8 Å². The molecule has 7 nitrogen and oxygen atoms in total. The molecule has 10 heteroatoms. The maximum Gasteiger partial charge on any atom is 0.320 e. The van der Waals surface area contributed by atoms with Crippen molar-refractivity contribution in [2.45, 2.75) is 33.3 Å². The number of carboxylic acids is 1. The first-order chi connectivity index (χ1) is 12.5. The van der Waals surface area contributed by atoms with Crippen molar-refractivity contribution >= 4 is 23.4 Å². The molecular formula is C17H18F3NO6. The van der Waals surface area contributed by atoms with Crippen molar-refractivity contribution in [3.05, 3.63) is 29.1 Å². The Bertz CT molecular complexity index is 791. The standard InChI is InChI=1S/C17H18F3NO6/c1-4-11(21-6-7(2)22)12(17(25)26)15(24)9-5-10(18)14(20)16(13(9)19)27-8(3)23/h5,7,12,22H,4,6H2,1-3H3,(H,25,26). The summed E-state index contributed by atoms with van der Waals surface area (Å²) in [7, 11) is 0. The lowest BCUT2D eigenvalue weighted by Crippen LogP contribution is -2.33. The number of ether oxygens (including phenoxy) is 1. The lowest BCUT2D eigenvalue weighted by molar-refractivity contribution is -0.138.